The largest absolute Gasteiger partial charge is 0.480 e. The second kappa shape index (κ2) is 7.29. The SMILES string of the molecule is CNc1cc([C@@H]2CCCN(C(=O)c3cccnc3OC)C2)ccn1. The summed E-state index contributed by atoms with van der Waals surface area (Å²) in [5.74, 6) is 1.53. The Morgan fingerprint density at radius 2 is 2.21 bits per heavy atom. The first-order valence-electron chi connectivity index (χ1n) is 8.15. The summed E-state index contributed by atoms with van der Waals surface area (Å²) in [5, 5.41) is 3.06. The molecule has 0 saturated carbocycles. The zero-order valence-corrected chi connectivity index (χ0v) is 14.0. The monoisotopic (exact) mass is 326 g/mol. The van der Waals surface area contributed by atoms with E-state index in [0.717, 1.165) is 25.2 Å². The van der Waals surface area contributed by atoms with Crippen molar-refractivity contribution in [2.24, 2.45) is 0 Å². The smallest absolute Gasteiger partial charge is 0.259 e. The van der Waals surface area contributed by atoms with Gasteiger partial charge in [-0.15, -0.1) is 0 Å². The molecule has 1 N–H and O–H groups in total. The summed E-state index contributed by atoms with van der Waals surface area (Å²) >= 11 is 0. The van der Waals surface area contributed by atoms with Crippen molar-refractivity contribution in [3.63, 3.8) is 0 Å². The van der Waals surface area contributed by atoms with Crippen LogP contribution in [0.1, 0.15) is 34.7 Å². The van der Waals surface area contributed by atoms with Crippen LogP contribution < -0.4 is 10.1 Å². The van der Waals surface area contributed by atoms with Crippen molar-refractivity contribution in [1.82, 2.24) is 14.9 Å². The van der Waals surface area contributed by atoms with E-state index in [2.05, 4.69) is 21.4 Å². The minimum atomic E-state index is -0.0208. The number of carbonyl (C=O) groups is 1. The molecule has 0 aromatic carbocycles. The van der Waals surface area contributed by atoms with Gasteiger partial charge >= 0.3 is 0 Å². The molecule has 1 aliphatic rings. The lowest BCUT2D eigenvalue weighted by atomic mass is 9.91. The van der Waals surface area contributed by atoms with Crippen LogP contribution in [0.2, 0.25) is 0 Å². The molecule has 1 saturated heterocycles. The van der Waals surface area contributed by atoms with Crippen molar-refractivity contribution in [3.8, 4) is 5.88 Å². The van der Waals surface area contributed by atoms with Crippen LogP contribution in [0, 0.1) is 0 Å². The van der Waals surface area contributed by atoms with Crippen LogP contribution >= 0.6 is 0 Å². The summed E-state index contributed by atoms with van der Waals surface area (Å²) in [5.41, 5.74) is 1.73. The summed E-state index contributed by atoms with van der Waals surface area (Å²) in [6, 6.07) is 7.62. The molecule has 1 atom stereocenters. The number of ether oxygens (including phenoxy) is 1. The Kier molecular flexibility index (Phi) is 4.93. The Morgan fingerprint density at radius 1 is 1.33 bits per heavy atom. The highest BCUT2D eigenvalue weighted by Crippen LogP contribution is 2.29. The van der Waals surface area contributed by atoms with E-state index in [1.54, 1.807) is 18.3 Å². The van der Waals surface area contributed by atoms with Gasteiger partial charge in [-0.25, -0.2) is 9.97 Å². The number of anilines is 1. The van der Waals surface area contributed by atoms with E-state index in [9.17, 15) is 4.79 Å². The molecule has 0 bridgehead atoms. The Labute approximate surface area is 141 Å². The number of hydrogen-bond acceptors (Lipinski definition) is 5. The number of amides is 1. The molecule has 0 unspecified atom stereocenters. The molecule has 0 spiro atoms. The van der Waals surface area contributed by atoms with Crippen molar-refractivity contribution in [1.29, 1.82) is 0 Å². The van der Waals surface area contributed by atoms with Crippen molar-refractivity contribution in [3.05, 3.63) is 47.8 Å². The first kappa shape index (κ1) is 16.2. The third kappa shape index (κ3) is 3.32. The van der Waals surface area contributed by atoms with Gasteiger partial charge in [-0.1, -0.05) is 0 Å². The maximum Gasteiger partial charge on any atom is 0.259 e. The van der Waals surface area contributed by atoms with Gasteiger partial charge in [0.25, 0.3) is 5.91 Å². The van der Waals surface area contributed by atoms with E-state index < -0.39 is 0 Å². The summed E-state index contributed by atoms with van der Waals surface area (Å²) in [4.78, 5) is 23.1. The highest BCUT2D eigenvalue weighted by atomic mass is 16.5. The highest BCUT2D eigenvalue weighted by Gasteiger charge is 2.27. The number of carbonyl (C=O) groups excluding carboxylic acids is 1. The number of likely N-dealkylation sites (tertiary alicyclic amines) is 1. The standard InChI is InChI=1S/C18H22N4O2/c1-19-16-11-13(7-9-20-16)14-5-4-10-22(12-14)18(23)15-6-3-8-21-17(15)24-2/h3,6-9,11,14H,4-5,10,12H2,1-2H3,(H,19,20)/t14-/m1/s1. The Hall–Kier alpha value is -2.63. The van der Waals surface area contributed by atoms with Gasteiger partial charge in [0.05, 0.1) is 7.11 Å². The van der Waals surface area contributed by atoms with E-state index in [-0.39, 0.29) is 5.91 Å². The Bertz CT molecular complexity index is 720. The first-order chi connectivity index (χ1) is 11.7. The van der Waals surface area contributed by atoms with Crippen LogP contribution in [0.4, 0.5) is 5.82 Å². The predicted molar refractivity (Wildman–Crippen MR) is 92.5 cm³/mol. The molecule has 0 aliphatic carbocycles. The maximum atomic E-state index is 12.9. The molecule has 1 aliphatic heterocycles. The molecule has 6 nitrogen and oxygen atoms in total. The lowest BCUT2D eigenvalue weighted by Gasteiger charge is -2.33. The first-order valence-corrected chi connectivity index (χ1v) is 8.15. The number of nitrogens with zero attached hydrogens (tertiary/aromatic N) is 3. The van der Waals surface area contributed by atoms with E-state index in [1.165, 1.54) is 12.7 Å². The molecule has 1 amide bonds. The van der Waals surface area contributed by atoms with Gasteiger partial charge in [0.15, 0.2) is 0 Å². The second-order valence-corrected chi connectivity index (χ2v) is 5.87. The fourth-order valence-corrected chi connectivity index (χ4v) is 3.16. The van der Waals surface area contributed by atoms with Gasteiger partial charge in [0.2, 0.25) is 5.88 Å². The number of piperidine rings is 1. The van der Waals surface area contributed by atoms with Gasteiger partial charge < -0.3 is 15.0 Å². The van der Waals surface area contributed by atoms with Gasteiger partial charge in [-0.05, 0) is 42.7 Å². The zero-order chi connectivity index (χ0) is 16.9. The summed E-state index contributed by atoms with van der Waals surface area (Å²) in [6.45, 7) is 1.46. The van der Waals surface area contributed by atoms with Crippen molar-refractivity contribution >= 4 is 11.7 Å². The summed E-state index contributed by atoms with van der Waals surface area (Å²) in [6.07, 6.45) is 5.49. The van der Waals surface area contributed by atoms with Gasteiger partial charge in [0.1, 0.15) is 11.4 Å². The molecule has 6 heteroatoms. The molecule has 2 aromatic heterocycles. The molecular formula is C18H22N4O2. The van der Waals surface area contributed by atoms with Crippen LogP contribution in [-0.2, 0) is 0 Å². The van der Waals surface area contributed by atoms with Crippen LogP contribution in [0.25, 0.3) is 0 Å². The normalized spacial score (nSPS) is 17.4. The van der Waals surface area contributed by atoms with Crippen LogP contribution in [0.15, 0.2) is 36.7 Å². The molecule has 3 rings (SSSR count). The van der Waals surface area contributed by atoms with Gasteiger partial charge in [-0.2, -0.15) is 0 Å². The maximum absolute atomic E-state index is 12.9. The Balaban J connectivity index is 1.79. The highest BCUT2D eigenvalue weighted by molar-refractivity contribution is 5.96. The number of methoxy groups -OCH3 is 1. The second-order valence-electron chi connectivity index (χ2n) is 5.87. The third-order valence-electron chi connectivity index (χ3n) is 4.42. The zero-order valence-electron chi connectivity index (χ0n) is 14.0. The number of pyridine rings is 2. The number of aromatic nitrogens is 2. The lowest BCUT2D eigenvalue weighted by molar-refractivity contribution is 0.0703. The van der Waals surface area contributed by atoms with Crippen LogP contribution in [0.5, 0.6) is 5.88 Å². The number of rotatable bonds is 4. The van der Waals surface area contributed by atoms with E-state index in [0.29, 0.717) is 23.9 Å². The lowest BCUT2D eigenvalue weighted by Crippen LogP contribution is -2.39. The van der Waals surface area contributed by atoms with Crippen molar-refractivity contribution in [2.45, 2.75) is 18.8 Å². The Morgan fingerprint density at radius 3 is 3.00 bits per heavy atom. The summed E-state index contributed by atoms with van der Waals surface area (Å²) < 4.78 is 5.22. The average Bonchev–Trinajstić information content (AvgIpc) is 2.67. The van der Waals surface area contributed by atoms with E-state index in [1.807, 2.05) is 24.2 Å². The molecular weight excluding hydrogens is 304 g/mol. The molecule has 2 aromatic rings. The van der Waals surface area contributed by atoms with E-state index >= 15 is 0 Å². The molecule has 0 radical (unpaired) electrons. The van der Waals surface area contributed by atoms with Crippen LogP contribution in [-0.4, -0.2) is 48.0 Å². The fourth-order valence-electron chi connectivity index (χ4n) is 3.16. The summed E-state index contributed by atoms with van der Waals surface area (Å²) in [7, 11) is 3.39. The topological polar surface area (TPSA) is 67.4 Å². The molecule has 126 valence electrons. The average molecular weight is 326 g/mol. The fraction of sp³-hybridized carbons (Fsp3) is 0.389. The van der Waals surface area contributed by atoms with E-state index in [4.69, 9.17) is 4.74 Å². The van der Waals surface area contributed by atoms with Crippen LogP contribution in [0.3, 0.4) is 0 Å². The van der Waals surface area contributed by atoms with Gasteiger partial charge in [-0.3, -0.25) is 4.79 Å². The number of nitrogens with one attached hydrogen (secondary N) is 1. The van der Waals surface area contributed by atoms with Crippen molar-refractivity contribution in [2.75, 3.05) is 32.6 Å². The quantitative estimate of drug-likeness (QED) is 0.935. The van der Waals surface area contributed by atoms with Gasteiger partial charge in [0, 0.05) is 38.4 Å². The third-order valence-corrected chi connectivity index (χ3v) is 4.42. The molecule has 3 heterocycles. The molecule has 1 fully saturated rings. The number of hydrogen-bond donors (Lipinski definition) is 1. The predicted octanol–water partition coefficient (Wildman–Crippen LogP) is 2.55. The minimum Gasteiger partial charge on any atom is -0.480 e. The van der Waals surface area contributed by atoms with Crippen molar-refractivity contribution < 1.29 is 9.53 Å². The minimum absolute atomic E-state index is 0.0208. The molecule has 24 heavy (non-hydrogen) atoms.